The van der Waals surface area contributed by atoms with E-state index in [1.165, 1.54) is 0 Å². The van der Waals surface area contributed by atoms with Crippen molar-refractivity contribution < 1.29 is 14.4 Å². The summed E-state index contributed by atoms with van der Waals surface area (Å²) in [5.74, 6) is -2.01. The predicted octanol–water partition coefficient (Wildman–Crippen LogP) is 1.68. The molecule has 3 amide bonds. The number of rotatable bonds is 2. The second kappa shape index (κ2) is 4.91. The Hall–Kier alpha value is -3.21. The van der Waals surface area contributed by atoms with Gasteiger partial charge in [-0.25, -0.2) is 0 Å². The Morgan fingerprint density at radius 1 is 1.04 bits per heavy atom. The van der Waals surface area contributed by atoms with Crippen LogP contribution in [-0.2, 0) is 9.59 Å². The molecule has 5 heteroatoms. The number of amides is 3. The molecule has 0 saturated carbocycles. The Morgan fingerprint density at radius 3 is 2.61 bits per heavy atom. The number of imide groups is 1. The summed E-state index contributed by atoms with van der Waals surface area (Å²) in [4.78, 5) is 37.4. The molecule has 112 valence electrons. The fourth-order valence-corrected chi connectivity index (χ4v) is 2.99. The zero-order chi connectivity index (χ0) is 16.0. The van der Waals surface area contributed by atoms with E-state index in [0.717, 1.165) is 10.6 Å². The van der Waals surface area contributed by atoms with Gasteiger partial charge in [0, 0.05) is 11.1 Å². The Labute approximate surface area is 132 Å². The monoisotopic (exact) mass is 304 g/mol. The average Bonchev–Trinajstić information content (AvgIpc) is 2.80. The lowest BCUT2D eigenvalue weighted by atomic mass is 9.86. The number of nitrogens with zero attached hydrogens (tertiary/aromatic N) is 1. The van der Waals surface area contributed by atoms with Crippen molar-refractivity contribution in [2.45, 2.75) is 0 Å². The summed E-state index contributed by atoms with van der Waals surface area (Å²) >= 11 is 0. The standard InChI is InChI=1S/C18H12N2O3/c21-16(13-5-2-1-3-6-13)19-20-17(22)14-11-7-4-8-12(10-9-11)15(14)18(20)23/h1-10,14H,(H,19,21). The zero-order valence-electron chi connectivity index (χ0n) is 12.0. The molecule has 5 nitrogen and oxygen atoms in total. The maximum absolute atomic E-state index is 12.6. The number of hydrogen-bond donors (Lipinski definition) is 1. The third-order valence-corrected chi connectivity index (χ3v) is 4.10. The first-order chi connectivity index (χ1) is 11.2. The van der Waals surface area contributed by atoms with Crippen molar-refractivity contribution in [3.05, 3.63) is 83.0 Å². The van der Waals surface area contributed by atoms with Gasteiger partial charge in [0.15, 0.2) is 0 Å². The van der Waals surface area contributed by atoms with E-state index in [1.54, 1.807) is 36.4 Å². The summed E-state index contributed by atoms with van der Waals surface area (Å²) in [5, 5.41) is 0.829. The lowest BCUT2D eigenvalue weighted by Gasteiger charge is -2.16. The summed E-state index contributed by atoms with van der Waals surface area (Å²) < 4.78 is 0. The van der Waals surface area contributed by atoms with Gasteiger partial charge < -0.3 is 0 Å². The van der Waals surface area contributed by atoms with Crippen molar-refractivity contribution in [1.82, 2.24) is 10.4 Å². The first kappa shape index (κ1) is 13.5. The van der Waals surface area contributed by atoms with Gasteiger partial charge in [-0.2, -0.15) is 5.01 Å². The van der Waals surface area contributed by atoms with Crippen LogP contribution in [0.2, 0.25) is 0 Å². The smallest absolute Gasteiger partial charge is 0.271 e. The number of carbonyl (C=O) groups excluding carboxylic acids is 3. The van der Waals surface area contributed by atoms with E-state index >= 15 is 0 Å². The predicted molar refractivity (Wildman–Crippen MR) is 82.6 cm³/mol. The van der Waals surface area contributed by atoms with E-state index in [0.29, 0.717) is 16.7 Å². The van der Waals surface area contributed by atoms with Crippen LogP contribution in [0.3, 0.4) is 0 Å². The van der Waals surface area contributed by atoms with Gasteiger partial charge in [0.05, 0.1) is 5.92 Å². The van der Waals surface area contributed by atoms with Crippen molar-refractivity contribution in [3.8, 4) is 0 Å². The molecule has 1 saturated heterocycles. The first-order valence-corrected chi connectivity index (χ1v) is 7.21. The molecule has 0 aromatic heterocycles. The molecule has 1 N–H and O–H groups in total. The highest BCUT2D eigenvalue weighted by Crippen LogP contribution is 2.39. The average molecular weight is 304 g/mol. The molecule has 1 unspecified atom stereocenters. The van der Waals surface area contributed by atoms with Gasteiger partial charge in [0.25, 0.3) is 17.7 Å². The van der Waals surface area contributed by atoms with E-state index in [1.807, 2.05) is 24.3 Å². The third kappa shape index (κ3) is 1.97. The lowest BCUT2D eigenvalue weighted by molar-refractivity contribution is -0.141. The van der Waals surface area contributed by atoms with Crippen LogP contribution in [0.4, 0.5) is 0 Å². The highest BCUT2D eigenvalue weighted by molar-refractivity contribution is 6.18. The second-order valence-electron chi connectivity index (χ2n) is 5.45. The number of hydrogen-bond acceptors (Lipinski definition) is 3. The van der Waals surface area contributed by atoms with Gasteiger partial charge in [-0.15, -0.1) is 0 Å². The molecular formula is C18H12N2O3. The molecular weight excluding hydrogens is 292 g/mol. The molecule has 5 rings (SSSR count). The Morgan fingerprint density at radius 2 is 1.83 bits per heavy atom. The fourth-order valence-electron chi connectivity index (χ4n) is 2.99. The molecule has 0 radical (unpaired) electrons. The van der Waals surface area contributed by atoms with Gasteiger partial charge in [0.2, 0.25) is 0 Å². The van der Waals surface area contributed by atoms with Crippen LogP contribution >= 0.6 is 0 Å². The van der Waals surface area contributed by atoms with Gasteiger partial charge in [-0.1, -0.05) is 48.6 Å². The summed E-state index contributed by atoms with van der Waals surface area (Å²) in [5.41, 5.74) is 4.70. The number of allylic oxidation sites excluding steroid dienone is 6. The van der Waals surface area contributed by atoms with Gasteiger partial charge >= 0.3 is 0 Å². The Kier molecular flexibility index (Phi) is 2.87. The van der Waals surface area contributed by atoms with Crippen LogP contribution in [0.25, 0.3) is 0 Å². The number of carbonyl (C=O) groups is 3. The maximum atomic E-state index is 12.6. The normalized spacial score (nSPS) is 21.5. The number of hydrazine groups is 1. The highest BCUT2D eigenvalue weighted by Gasteiger charge is 2.48. The van der Waals surface area contributed by atoms with Crippen LogP contribution in [0.15, 0.2) is 77.4 Å². The van der Waals surface area contributed by atoms with Crippen molar-refractivity contribution >= 4 is 17.7 Å². The van der Waals surface area contributed by atoms with Crippen LogP contribution in [0.1, 0.15) is 10.4 Å². The van der Waals surface area contributed by atoms with Crippen molar-refractivity contribution in [1.29, 1.82) is 0 Å². The van der Waals surface area contributed by atoms with Crippen molar-refractivity contribution in [2.24, 2.45) is 5.92 Å². The van der Waals surface area contributed by atoms with E-state index < -0.39 is 23.6 Å². The minimum atomic E-state index is -0.631. The molecule has 23 heavy (non-hydrogen) atoms. The Balaban J connectivity index is 1.67. The molecule has 3 aliphatic carbocycles. The molecule has 4 aliphatic rings. The molecule has 1 fully saturated rings. The molecule has 1 aliphatic heterocycles. The van der Waals surface area contributed by atoms with E-state index in [9.17, 15) is 14.4 Å². The number of benzene rings is 1. The highest BCUT2D eigenvalue weighted by atomic mass is 16.2. The zero-order valence-corrected chi connectivity index (χ0v) is 12.0. The quantitative estimate of drug-likeness (QED) is 0.845. The molecule has 1 atom stereocenters. The minimum Gasteiger partial charge on any atom is -0.271 e. The van der Waals surface area contributed by atoms with Crippen molar-refractivity contribution in [2.75, 3.05) is 0 Å². The van der Waals surface area contributed by atoms with E-state index in [-0.39, 0.29) is 0 Å². The van der Waals surface area contributed by atoms with Gasteiger partial charge in [-0.3, -0.25) is 19.8 Å². The molecule has 1 aromatic carbocycles. The van der Waals surface area contributed by atoms with Gasteiger partial charge in [0.1, 0.15) is 0 Å². The minimum absolute atomic E-state index is 0.387. The molecule has 1 heterocycles. The van der Waals surface area contributed by atoms with Crippen LogP contribution in [0, 0.1) is 5.92 Å². The Bertz CT molecular complexity index is 856. The van der Waals surface area contributed by atoms with Crippen LogP contribution < -0.4 is 5.43 Å². The largest absolute Gasteiger partial charge is 0.277 e. The summed E-state index contributed by atoms with van der Waals surface area (Å²) in [6.07, 6.45) is 9.08. The topological polar surface area (TPSA) is 66.5 Å². The molecule has 1 aromatic rings. The maximum Gasteiger partial charge on any atom is 0.277 e. The van der Waals surface area contributed by atoms with E-state index in [2.05, 4.69) is 5.43 Å². The first-order valence-electron chi connectivity index (χ1n) is 7.21. The summed E-state index contributed by atoms with van der Waals surface area (Å²) in [7, 11) is 0. The second-order valence-corrected chi connectivity index (χ2v) is 5.45. The van der Waals surface area contributed by atoms with Crippen molar-refractivity contribution in [3.63, 3.8) is 0 Å². The summed E-state index contributed by atoms with van der Waals surface area (Å²) in [6.45, 7) is 0. The third-order valence-electron chi connectivity index (χ3n) is 4.10. The SMILES string of the molecule is O=C(NN1C(=O)C2=C3C=CC=C(C=C3)C2C1=O)c1ccccc1. The lowest BCUT2D eigenvalue weighted by Crippen LogP contribution is -2.46. The van der Waals surface area contributed by atoms with Crippen LogP contribution in [0.5, 0.6) is 0 Å². The van der Waals surface area contributed by atoms with Gasteiger partial charge in [-0.05, 0) is 23.3 Å². The molecule has 0 spiro atoms. The number of nitrogens with one attached hydrogen (secondary N) is 1. The van der Waals surface area contributed by atoms with E-state index in [4.69, 9.17) is 0 Å². The number of fused-ring (bicyclic) bond motifs is 1. The molecule has 2 bridgehead atoms. The fraction of sp³-hybridized carbons (Fsp3) is 0.0556. The van der Waals surface area contributed by atoms with Crippen LogP contribution in [-0.4, -0.2) is 22.7 Å². The summed E-state index contributed by atoms with van der Waals surface area (Å²) in [6, 6.07) is 8.47.